The van der Waals surface area contributed by atoms with E-state index in [-0.39, 0.29) is 36.4 Å². The fourth-order valence-electron chi connectivity index (χ4n) is 4.83. The highest BCUT2D eigenvalue weighted by atomic mass is 35.5. The second-order valence-electron chi connectivity index (χ2n) is 11.2. The van der Waals surface area contributed by atoms with E-state index in [4.69, 9.17) is 23.2 Å². The van der Waals surface area contributed by atoms with Gasteiger partial charge in [-0.25, -0.2) is 13.6 Å². The molecule has 0 unspecified atom stereocenters. The van der Waals surface area contributed by atoms with E-state index in [1.807, 2.05) is 0 Å². The highest BCUT2D eigenvalue weighted by Crippen LogP contribution is 2.42. The van der Waals surface area contributed by atoms with E-state index in [0.29, 0.717) is 33.8 Å². The van der Waals surface area contributed by atoms with Gasteiger partial charge in [0.15, 0.2) is 5.82 Å². The van der Waals surface area contributed by atoms with Gasteiger partial charge in [0.25, 0.3) is 26.5 Å². The van der Waals surface area contributed by atoms with Gasteiger partial charge in [0.2, 0.25) is 0 Å². The number of benzene rings is 2. The van der Waals surface area contributed by atoms with Crippen LogP contribution in [0, 0.1) is 0 Å². The number of nitrogens with zero attached hydrogens (tertiary/aromatic N) is 4. The molecule has 1 amide bonds. The van der Waals surface area contributed by atoms with Gasteiger partial charge in [0, 0.05) is 17.6 Å². The number of hydrogen-bond donors (Lipinski definition) is 1. The number of anilines is 1. The second kappa shape index (κ2) is 13.0. The van der Waals surface area contributed by atoms with Gasteiger partial charge in [-0.05, 0) is 62.2 Å². The number of sulfonamides is 2. The third-order valence-corrected chi connectivity index (χ3v) is 14.4. The van der Waals surface area contributed by atoms with Crippen LogP contribution in [0.15, 0.2) is 75.1 Å². The van der Waals surface area contributed by atoms with Gasteiger partial charge < -0.3 is 5.11 Å². The molecule has 0 atom stereocenters. The molecular formula is C29H26Cl2F2N4O6S4. The summed E-state index contributed by atoms with van der Waals surface area (Å²) in [7, 11) is -10.0. The molecule has 3 heterocycles. The van der Waals surface area contributed by atoms with Crippen LogP contribution in [-0.2, 0) is 33.1 Å². The van der Waals surface area contributed by atoms with E-state index in [1.165, 1.54) is 33.8 Å². The first-order chi connectivity index (χ1) is 21.9. The lowest BCUT2D eigenvalue weighted by atomic mass is 10.0. The fourth-order valence-corrected chi connectivity index (χ4v) is 11.8. The Kier molecular flexibility index (Phi) is 9.67. The fraction of sp³-hybridized carbons (Fsp3) is 0.241. The van der Waals surface area contributed by atoms with Crippen LogP contribution in [0.25, 0.3) is 10.9 Å². The smallest absolute Gasteiger partial charge is 0.408 e. The molecule has 5 aromatic rings. The topological polar surface area (TPSA) is 130 Å². The molecule has 0 aliphatic carbocycles. The summed E-state index contributed by atoms with van der Waals surface area (Å²) < 4.78 is 86.0. The number of alkyl halides is 2. The molecule has 5 rings (SSSR count). The molecule has 0 fully saturated rings. The lowest BCUT2D eigenvalue weighted by Gasteiger charge is -2.33. The van der Waals surface area contributed by atoms with Crippen molar-refractivity contribution in [1.29, 1.82) is 0 Å². The number of rotatable bonds is 10. The Hall–Kier alpha value is -3.28. The zero-order valence-corrected chi connectivity index (χ0v) is 29.5. The Morgan fingerprint density at radius 3 is 1.96 bits per heavy atom. The standard InChI is InChI=1S/C29H26Cl2F2N4O6S4/c1-29(2,3)35(28(38)39)15-17-6-4-7-18(14-17)16-36-20-9-5-8-19(26(32)33)25(20)27(34-36)37(46(40,41)23-12-10-21(30)44-23)47(42,43)24-13-11-22(31)45-24/h4-14,26H,15-16H2,1-3H3,(H,38,39). The monoisotopic (exact) mass is 762 g/mol. The van der Waals surface area contributed by atoms with Crippen LogP contribution < -0.4 is 3.71 Å². The number of fused-ring (bicyclic) bond motifs is 1. The van der Waals surface area contributed by atoms with Gasteiger partial charge in [0.05, 0.1) is 26.1 Å². The molecule has 0 saturated carbocycles. The van der Waals surface area contributed by atoms with Crippen molar-refractivity contribution in [3.05, 3.63) is 92.1 Å². The molecule has 0 saturated heterocycles. The maximum absolute atomic E-state index is 14.5. The Labute approximate surface area is 287 Å². The van der Waals surface area contributed by atoms with Crippen molar-refractivity contribution in [2.45, 2.75) is 54.2 Å². The van der Waals surface area contributed by atoms with Crippen molar-refractivity contribution in [1.82, 2.24) is 14.7 Å². The molecule has 3 aromatic heterocycles. The average Bonchev–Trinajstić information content (AvgIpc) is 3.70. The third kappa shape index (κ3) is 6.98. The SMILES string of the molecule is CC(C)(C)N(Cc1cccc(Cn2nc(N(S(=O)(=O)c3ccc(Cl)s3)S(=O)(=O)c3ccc(Cl)s3)c3c(C(F)F)cccc32)c1)C(=O)O. The van der Waals surface area contributed by atoms with Gasteiger partial charge in [-0.15, -0.1) is 26.4 Å². The van der Waals surface area contributed by atoms with E-state index >= 15 is 0 Å². The lowest BCUT2D eigenvalue weighted by Crippen LogP contribution is -2.44. The van der Waals surface area contributed by atoms with Crippen molar-refractivity contribution < 1.29 is 35.5 Å². The second-order valence-corrected chi connectivity index (χ2v) is 18.9. The van der Waals surface area contributed by atoms with Crippen molar-refractivity contribution in [3.8, 4) is 0 Å². The predicted molar refractivity (Wildman–Crippen MR) is 179 cm³/mol. The number of thiophene rings is 2. The molecule has 10 nitrogen and oxygen atoms in total. The van der Waals surface area contributed by atoms with Gasteiger partial charge in [-0.2, -0.15) is 21.9 Å². The number of halogens is 4. The summed E-state index contributed by atoms with van der Waals surface area (Å²) in [6, 6.07) is 15.4. The Morgan fingerprint density at radius 1 is 0.915 bits per heavy atom. The zero-order valence-electron chi connectivity index (χ0n) is 24.8. The van der Waals surface area contributed by atoms with E-state index in [9.17, 15) is 35.5 Å². The first-order valence-corrected chi connectivity index (χ1v) is 18.9. The van der Waals surface area contributed by atoms with Crippen molar-refractivity contribution in [3.63, 3.8) is 0 Å². The van der Waals surface area contributed by atoms with Crippen molar-refractivity contribution in [2.75, 3.05) is 3.71 Å². The van der Waals surface area contributed by atoms with Crippen LogP contribution >= 0.6 is 45.9 Å². The van der Waals surface area contributed by atoms with E-state index in [1.54, 1.807) is 45.0 Å². The molecule has 2 aromatic carbocycles. The van der Waals surface area contributed by atoms with Crippen LogP contribution in [0.1, 0.15) is 43.9 Å². The summed E-state index contributed by atoms with van der Waals surface area (Å²) in [5, 5.41) is 13.7. The van der Waals surface area contributed by atoms with Gasteiger partial charge in [0.1, 0.15) is 8.42 Å². The Morgan fingerprint density at radius 2 is 1.47 bits per heavy atom. The average molecular weight is 764 g/mol. The van der Waals surface area contributed by atoms with E-state index < -0.39 is 57.9 Å². The molecule has 0 aliphatic rings. The van der Waals surface area contributed by atoms with Gasteiger partial charge in [-0.1, -0.05) is 59.6 Å². The minimum absolute atomic E-state index is 0.0360. The zero-order chi connectivity index (χ0) is 34.5. The van der Waals surface area contributed by atoms with E-state index in [2.05, 4.69) is 5.10 Å². The molecule has 0 radical (unpaired) electrons. The molecule has 0 bridgehead atoms. The minimum atomic E-state index is -5.00. The van der Waals surface area contributed by atoms with Gasteiger partial charge in [-0.3, -0.25) is 9.58 Å². The molecule has 1 N–H and O–H groups in total. The van der Waals surface area contributed by atoms with Crippen LogP contribution in [0.3, 0.4) is 0 Å². The molecule has 18 heteroatoms. The quantitative estimate of drug-likeness (QED) is 0.152. The number of carbonyl (C=O) groups is 1. The summed E-state index contributed by atoms with van der Waals surface area (Å²) in [5.74, 6) is -0.758. The maximum Gasteiger partial charge on any atom is 0.408 e. The normalized spacial score (nSPS) is 12.6. The molecule has 0 aliphatic heterocycles. The van der Waals surface area contributed by atoms with Crippen LogP contribution in [-0.4, -0.2) is 48.3 Å². The molecule has 0 spiro atoms. The highest BCUT2D eigenvalue weighted by molar-refractivity contribution is 8.11. The first kappa shape index (κ1) is 35.0. The summed E-state index contributed by atoms with van der Waals surface area (Å²) in [6.45, 7) is 5.20. The summed E-state index contributed by atoms with van der Waals surface area (Å²) in [4.78, 5) is 13.2. The Balaban J connectivity index is 1.72. The predicted octanol–water partition coefficient (Wildman–Crippen LogP) is 8.31. The summed E-state index contributed by atoms with van der Waals surface area (Å²) >= 11 is 13.2. The molecule has 47 heavy (non-hydrogen) atoms. The van der Waals surface area contributed by atoms with E-state index in [0.717, 1.165) is 18.2 Å². The third-order valence-electron chi connectivity index (χ3n) is 6.95. The summed E-state index contributed by atoms with van der Waals surface area (Å²) in [6.07, 6.45) is -4.25. The van der Waals surface area contributed by atoms with Crippen LogP contribution in [0.4, 0.5) is 19.4 Å². The van der Waals surface area contributed by atoms with Crippen LogP contribution in [0.5, 0.6) is 0 Å². The maximum atomic E-state index is 14.5. The highest BCUT2D eigenvalue weighted by Gasteiger charge is 2.42. The number of amides is 1. The van der Waals surface area contributed by atoms with Gasteiger partial charge >= 0.3 is 6.09 Å². The Bertz CT molecular complexity index is 2120. The first-order valence-electron chi connectivity index (χ1n) is 13.6. The minimum Gasteiger partial charge on any atom is -0.465 e. The molecule has 250 valence electrons. The molecular weight excluding hydrogens is 738 g/mol. The summed E-state index contributed by atoms with van der Waals surface area (Å²) in [5.41, 5.74) is -0.119. The van der Waals surface area contributed by atoms with Crippen molar-refractivity contribution in [2.24, 2.45) is 0 Å². The number of hydrogen-bond acceptors (Lipinski definition) is 8. The van der Waals surface area contributed by atoms with Crippen LogP contribution in [0.2, 0.25) is 8.67 Å². The number of carboxylic acid groups (broad SMARTS) is 1. The largest absolute Gasteiger partial charge is 0.465 e. The lowest BCUT2D eigenvalue weighted by molar-refractivity contribution is 0.0955. The van der Waals surface area contributed by atoms with Crippen molar-refractivity contribution >= 4 is 88.7 Å². The number of aromatic nitrogens is 2.